The van der Waals surface area contributed by atoms with Crippen LogP contribution in [0.3, 0.4) is 0 Å². The molecule has 0 saturated carbocycles. The Morgan fingerprint density at radius 3 is 2.69 bits per heavy atom. The van der Waals surface area contributed by atoms with E-state index in [1.807, 2.05) is 0 Å². The van der Waals surface area contributed by atoms with Crippen molar-refractivity contribution in [1.29, 1.82) is 0 Å². The van der Waals surface area contributed by atoms with Crippen LogP contribution in [0.15, 0.2) is 55.1 Å². The van der Waals surface area contributed by atoms with E-state index in [1.165, 1.54) is 17.0 Å². The Hall–Kier alpha value is -2.90. The Bertz CT molecular complexity index is 935. The predicted octanol–water partition coefficient (Wildman–Crippen LogP) is 3.15. The highest BCUT2D eigenvalue weighted by molar-refractivity contribution is 6.31. The van der Waals surface area contributed by atoms with E-state index in [2.05, 4.69) is 11.9 Å². The third-order valence-corrected chi connectivity index (χ3v) is 5.03. The molecule has 0 radical (unpaired) electrons. The number of rotatable bonds is 6. The summed E-state index contributed by atoms with van der Waals surface area (Å²) in [5, 5.41) is 13.5. The first kappa shape index (κ1) is 20.8. The van der Waals surface area contributed by atoms with Crippen LogP contribution in [0.5, 0.6) is 5.75 Å². The van der Waals surface area contributed by atoms with Crippen molar-refractivity contribution in [3.05, 3.63) is 71.5 Å². The number of hydrogen-bond donors (Lipinski definition) is 2. The second-order valence-electron chi connectivity index (χ2n) is 6.75. The van der Waals surface area contributed by atoms with Crippen LogP contribution < -0.4 is 10.1 Å². The van der Waals surface area contributed by atoms with Gasteiger partial charge in [0.15, 0.2) is 5.60 Å². The van der Waals surface area contributed by atoms with Gasteiger partial charge in [-0.1, -0.05) is 24.2 Å². The van der Waals surface area contributed by atoms with E-state index in [-0.39, 0.29) is 37.0 Å². The third kappa shape index (κ3) is 4.93. The van der Waals surface area contributed by atoms with Gasteiger partial charge in [-0.15, -0.1) is 0 Å². The number of β-amino-alcohol motifs (C(OH)–C–C–N with tert-alkyl or cyclic N) is 1. The van der Waals surface area contributed by atoms with E-state index in [4.69, 9.17) is 16.3 Å². The minimum absolute atomic E-state index is 0.0800. The van der Waals surface area contributed by atoms with Crippen LogP contribution in [0.25, 0.3) is 0 Å². The summed E-state index contributed by atoms with van der Waals surface area (Å²) in [6, 6.07) is 10.6. The highest BCUT2D eigenvalue weighted by Gasteiger charge is 2.43. The summed E-state index contributed by atoms with van der Waals surface area (Å²) in [5.41, 5.74) is -0.524. The number of benzene rings is 2. The molecule has 1 heterocycles. The molecule has 1 saturated heterocycles. The summed E-state index contributed by atoms with van der Waals surface area (Å²) >= 11 is 5.97. The summed E-state index contributed by atoms with van der Waals surface area (Å²) in [5.74, 6) is -0.787. The molecule has 2 aromatic rings. The summed E-state index contributed by atoms with van der Waals surface area (Å²) < 4.78 is 18.7. The number of halogens is 2. The summed E-state index contributed by atoms with van der Waals surface area (Å²) in [7, 11) is 0. The fraction of sp³-hybridized carbons (Fsp3) is 0.238. The van der Waals surface area contributed by atoms with Gasteiger partial charge in [0.05, 0.1) is 11.6 Å². The molecular weight excluding hydrogens is 399 g/mol. The highest BCUT2D eigenvalue weighted by atomic mass is 35.5. The fourth-order valence-corrected chi connectivity index (χ4v) is 3.20. The molecule has 2 N–H and O–H groups in total. The summed E-state index contributed by atoms with van der Waals surface area (Å²) in [6.45, 7) is 3.78. The second-order valence-corrected chi connectivity index (χ2v) is 7.16. The third-order valence-electron chi connectivity index (χ3n) is 4.68. The average Bonchev–Trinajstić information content (AvgIpc) is 3.11. The van der Waals surface area contributed by atoms with Crippen LogP contribution >= 0.6 is 11.6 Å². The Morgan fingerprint density at radius 1 is 1.31 bits per heavy atom. The molecule has 0 aromatic heterocycles. The number of carbonyl (C=O) groups is 2. The maximum Gasteiger partial charge on any atom is 0.258 e. The molecule has 6 nitrogen and oxygen atoms in total. The lowest BCUT2D eigenvalue weighted by Gasteiger charge is -2.22. The number of aliphatic hydroxyl groups is 1. The molecule has 2 amide bonds. The molecule has 0 aliphatic carbocycles. The molecule has 8 heteroatoms. The van der Waals surface area contributed by atoms with E-state index in [0.717, 1.165) is 6.08 Å². The first-order valence-electron chi connectivity index (χ1n) is 8.93. The topological polar surface area (TPSA) is 78.9 Å². The van der Waals surface area contributed by atoms with Crippen molar-refractivity contribution >= 4 is 29.1 Å². The Balaban J connectivity index is 1.57. The maximum absolute atomic E-state index is 13.1. The van der Waals surface area contributed by atoms with Gasteiger partial charge >= 0.3 is 0 Å². The molecule has 1 atom stereocenters. The van der Waals surface area contributed by atoms with E-state index < -0.39 is 17.3 Å². The van der Waals surface area contributed by atoms with Crippen molar-refractivity contribution in [2.24, 2.45) is 0 Å². The molecule has 0 spiro atoms. The van der Waals surface area contributed by atoms with E-state index in [9.17, 15) is 19.1 Å². The minimum Gasteiger partial charge on any atom is -0.489 e. The molecule has 0 bridgehead atoms. The zero-order valence-corrected chi connectivity index (χ0v) is 16.3. The van der Waals surface area contributed by atoms with Crippen LogP contribution in [-0.2, 0) is 16.2 Å². The zero-order chi connectivity index (χ0) is 21.0. The zero-order valence-electron chi connectivity index (χ0n) is 15.5. The Morgan fingerprint density at radius 2 is 2.03 bits per heavy atom. The van der Waals surface area contributed by atoms with E-state index in [1.54, 1.807) is 30.3 Å². The van der Waals surface area contributed by atoms with Gasteiger partial charge in [-0.25, -0.2) is 4.39 Å². The predicted molar refractivity (Wildman–Crippen MR) is 107 cm³/mol. The van der Waals surface area contributed by atoms with E-state index in [0.29, 0.717) is 17.0 Å². The van der Waals surface area contributed by atoms with Crippen molar-refractivity contribution < 1.29 is 23.8 Å². The number of likely N-dealkylation sites (tertiary alicyclic amines) is 1. The van der Waals surface area contributed by atoms with Crippen LogP contribution in [0.1, 0.15) is 12.0 Å². The van der Waals surface area contributed by atoms with Crippen LogP contribution in [0.4, 0.5) is 10.1 Å². The van der Waals surface area contributed by atoms with E-state index >= 15 is 0 Å². The Labute approximate surface area is 172 Å². The van der Waals surface area contributed by atoms with Gasteiger partial charge in [-0.05, 0) is 42.5 Å². The van der Waals surface area contributed by atoms with Crippen LogP contribution in [0.2, 0.25) is 5.02 Å². The minimum atomic E-state index is -1.65. The molecule has 2 aromatic carbocycles. The molecule has 152 valence electrons. The molecule has 1 aliphatic heterocycles. The lowest BCUT2D eigenvalue weighted by Crippen LogP contribution is -2.45. The Kier molecular flexibility index (Phi) is 6.20. The smallest absolute Gasteiger partial charge is 0.258 e. The lowest BCUT2D eigenvalue weighted by atomic mass is 10.0. The quantitative estimate of drug-likeness (QED) is 0.706. The number of carbonyl (C=O) groups excluding carboxylic acids is 2. The van der Waals surface area contributed by atoms with Gasteiger partial charge in [0.2, 0.25) is 5.91 Å². The van der Waals surface area contributed by atoms with Gasteiger partial charge < -0.3 is 20.1 Å². The number of anilines is 1. The van der Waals surface area contributed by atoms with Crippen LogP contribution in [0, 0.1) is 5.82 Å². The van der Waals surface area contributed by atoms with Gasteiger partial charge in [0, 0.05) is 24.2 Å². The normalized spacial score (nSPS) is 18.4. The molecule has 3 rings (SSSR count). The second kappa shape index (κ2) is 8.63. The molecular formula is C21H20ClFN2O4. The molecule has 1 fully saturated rings. The summed E-state index contributed by atoms with van der Waals surface area (Å²) in [4.78, 5) is 25.5. The standard InChI is InChI=1S/C21H20ClFN2O4/c1-2-19(26)25-10-9-21(28,13-25)20(27)24-16-5-7-17(8-6-16)29-12-14-3-4-15(23)11-18(14)22/h2-8,11,28H,1,9-10,12-13H2,(H,24,27). The van der Waals surface area contributed by atoms with Crippen LogP contribution in [-0.4, -0.2) is 40.5 Å². The van der Waals surface area contributed by atoms with Crippen molar-refractivity contribution in [2.75, 3.05) is 18.4 Å². The first-order valence-corrected chi connectivity index (χ1v) is 9.30. The largest absolute Gasteiger partial charge is 0.489 e. The van der Waals surface area contributed by atoms with Crippen molar-refractivity contribution in [3.8, 4) is 5.75 Å². The molecule has 1 aliphatic rings. The fourth-order valence-electron chi connectivity index (χ4n) is 2.98. The van der Waals surface area contributed by atoms with Gasteiger partial charge in [0.1, 0.15) is 18.2 Å². The SMILES string of the molecule is C=CC(=O)N1CCC(O)(C(=O)Nc2ccc(OCc3ccc(F)cc3Cl)cc2)C1. The highest BCUT2D eigenvalue weighted by Crippen LogP contribution is 2.25. The number of ether oxygens (including phenoxy) is 1. The number of amides is 2. The lowest BCUT2D eigenvalue weighted by molar-refractivity contribution is -0.134. The van der Waals surface area contributed by atoms with Gasteiger partial charge in [-0.2, -0.15) is 0 Å². The van der Waals surface area contributed by atoms with Crippen molar-refractivity contribution in [2.45, 2.75) is 18.6 Å². The first-order chi connectivity index (χ1) is 13.8. The average molecular weight is 419 g/mol. The maximum atomic E-state index is 13.1. The number of hydrogen-bond acceptors (Lipinski definition) is 4. The summed E-state index contributed by atoms with van der Waals surface area (Å²) in [6.07, 6.45) is 1.31. The van der Waals surface area contributed by atoms with Gasteiger partial charge in [-0.3, -0.25) is 9.59 Å². The number of nitrogens with zero attached hydrogens (tertiary/aromatic N) is 1. The van der Waals surface area contributed by atoms with Gasteiger partial charge in [0.25, 0.3) is 5.91 Å². The van der Waals surface area contributed by atoms with Crippen molar-refractivity contribution in [3.63, 3.8) is 0 Å². The van der Waals surface area contributed by atoms with Crippen molar-refractivity contribution in [1.82, 2.24) is 4.90 Å². The number of nitrogens with one attached hydrogen (secondary N) is 1. The monoisotopic (exact) mass is 418 g/mol. The molecule has 29 heavy (non-hydrogen) atoms. The molecule has 1 unspecified atom stereocenters.